The summed E-state index contributed by atoms with van der Waals surface area (Å²) >= 11 is 0. The molecule has 1 aliphatic heterocycles. The fourth-order valence-corrected chi connectivity index (χ4v) is 3.47. The minimum atomic E-state index is 0.399. The molecule has 0 aromatic heterocycles. The van der Waals surface area contributed by atoms with E-state index in [-0.39, 0.29) is 0 Å². The predicted octanol–water partition coefficient (Wildman–Crippen LogP) is 4.71. The summed E-state index contributed by atoms with van der Waals surface area (Å²) in [5.74, 6) is 0.834. The Hall–Kier alpha value is -1.80. The number of benzene rings is 2. The van der Waals surface area contributed by atoms with E-state index in [9.17, 15) is 0 Å². The van der Waals surface area contributed by atoms with E-state index in [1.165, 1.54) is 49.2 Å². The number of aryl methyl sites for hydroxylation is 1. The van der Waals surface area contributed by atoms with Crippen LogP contribution in [0.1, 0.15) is 30.9 Å². The molecule has 1 unspecified atom stereocenters. The third kappa shape index (κ3) is 4.59. The van der Waals surface area contributed by atoms with Crippen LogP contribution >= 0.6 is 0 Å². The van der Waals surface area contributed by atoms with Crippen molar-refractivity contribution in [1.29, 1.82) is 0 Å². The molecule has 0 amide bonds. The van der Waals surface area contributed by atoms with E-state index in [1.807, 2.05) is 0 Å². The van der Waals surface area contributed by atoms with Crippen molar-refractivity contribution < 1.29 is 0 Å². The zero-order chi connectivity index (χ0) is 16.1. The SMILES string of the molecule is Cc1ccc(NC(C)N2CCC(Cc3ccccc3)CC2)cc1. The Morgan fingerprint density at radius 3 is 2.30 bits per heavy atom. The number of rotatable bonds is 5. The number of anilines is 1. The first-order chi connectivity index (χ1) is 11.2. The van der Waals surface area contributed by atoms with Crippen LogP contribution in [0.4, 0.5) is 5.69 Å². The average molecular weight is 308 g/mol. The number of nitrogens with zero attached hydrogens (tertiary/aromatic N) is 1. The lowest BCUT2D eigenvalue weighted by Gasteiger charge is -2.36. The summed E-state index contributed by atoms with van der Waals surface area (Å²) in [5, 5.41) is 3.63. The molecule has 1 aliphatic rings. The number of likely N-dealkylation sites (tertiary alicyclic amines) is 1. The van der Waals surface area contributed by atoms with Gasteiger partial charge in [-0.15, -0.1) is 0 Å². The molecular formula is C21H28N2. The molecule has 2 aromatic carbocycles. The van der Waals surface area contributed by atoms with Crippen molar-refractivity contribution in [2.75, 3.05) is 18.4 Å². The molecule has 1 saturated heterocycles. The summed E-state index contributed by atoms with van der Waals surface area (Å²) in [6, 6.07) is 19.6. The van der Waals surface area contributed by atoms with Gasteiger partial charge in [-0.25, -0.2) is 0 Å². The van der Waals surface area contributed by atoms with Crippen LogP contribution in [0, 0.1) is 12.8 Å². The van der Waals surface area contributed by atoms with E-state index in [4.69, 9.17) is 0 Å². The second kappa shape index (κ2) is 7.65. The Labute approximate surface area is 140 Å². The highest BCUT2D eigenvalue weighted by atomic mass is 15.3. The lowest BCUT2D eigenvalue weighted by atomic mass is 9.90. The standard InChI is InChI=1S/C21H28N2/c1-17-8-10-21(11-9-17)22-18(2)23-14-12-20(13-15-23)16-19-6-4-3-5-7-19/h3-11,18,20,22H,12-16H2,1-2H3. The van der Waals surface area contributed by atoms with Gasteiger partial charge in [0.25, 0.3) is 0 Å². The third-order valence-corrected chi connectivity index (χ3v) is 4.99. The van der Waals surface area contributed by atoms with Gasteiger partial charge in [0.1, 0.15) is 0 Å². The first-order valence-electron chi connectivity index (χ1n) is 8.82. The Balaban J connectivity index is 1.47. The van der Waals surface area contributed by atoms with Crippen LogP contribution in [0.3, 0.4) is 0 Å². The van der Waals surface area contributed by atoms with Gasteiger partial charge in [0.2, 0.25) is 0 Å². The monoisotopic (exact) mass is 308 g/mol. The zero-order valence-electron chi connectivity index (χ0n) is 14.3. The maximum atomic E-state index is 3.63. The largest absolute Gasteiger partial charge is 0.370 e. The van der Waals surface area contributed by atoms with E-state index < -0.39 is 0 Å². The second-order valence-corrected chi connectivity index (χ2v) is 6.86. The van der Waals surface area contributed by atoms with Crippen molar-refractivity contribution in [2.24, 2.45) is 5.92 Å². The van der Waals surface area contributed by atoms with Gasteiger partial charge >= 0.3 is 0 Å². The minimum Gasteiger partial charge on any atom is -0.370 e. The second-order valence-electron chi connectivity index (χ2n) is 6.86. The minimum absolute atomic E-state index is 0.399. The van der Waals surface area contributed by atoms with Gasteiger partial charge in [-0.2, -0.15) is 0 Å². The van der Waals surface area contributed by atoms with Gasteiger partial charge in [0.05, 0.1) is 6.17 Å². The van der Waals surface area contributed by atoms with Crippen LogP contribution < -0.4 is 5.32 Å². The molecule has 3 rings (SSSR count). The van der Waals surface area contributed by atoms with Gasteiger partial charge in [-0.3, -0.25) is 4.90 Å². The van der Waals surface area contributed by atoms with Crippen molar-refractivity contribution in [2.45, 2.75) is 39.3 Å². The van der Waals surface area contributed by atoms with Gasteiger partial charge in [-0.1, -0.05) is 48.0 Å². The molecule has 23 heavy (non-hydrogen) atoms. The van der Waals surface area contributed by atoms with E-state index in [0.29, 0.717) is 6.17 Å². The number of hydrogen-bond acceptors (Lipinski definition) is 2. The highest BCUT2D eigenvalue weighted by Crippen LogP contribution is 2.23. The smallest absolute Gasteiger partial charge is 0.0764 e. The van der Waals surface area contributed by atoms with E-state index in [2.05, 4.69) is 78.7 Å². The Morgan fingerprint density at radius 2 is 1.65 bits per heavy atom. The van der Waals surface area contributed by atoms with Crippen molar-refractivity contribution in [3.05, 3.63) is 65.7 Å². The number of nitrogens with one attached hydrogen (secondary N) is 1. The maximum Gasteiger partial charge on any atom is 0.0764 e. The van der Waals surface area contributed by atoms with Crippen molar-refractivity contribution in [1.82, 2.24) is 4.90 Å². The average Bonchev–Trinajstić information content (AvgIpc) is 2.58. The van der Waals surface area contributed by atoms with Crippen molar-refractivity contribution >= 4 is 5.69 Å². The summed E-state index contributed by atoms with van der Waals surface area (Å²) in [6.45, 7) is 6.79. The molecular weight excluding hydrogens is 280 g/mol. The maximum absolute atomic E-state index is 3.63. The molecule has 2 aromatic rings. The normalized spacial score (nSPS) is 17.8. The van der Waals surface area contributed by atoms with Crippen LogP contribution in [0.15, 0.2) is 54.6 Å². The molecule has 1 atom stereocenters. The Morgan fingerprint density at radius 1 is 1.00 bits per heavy atom. The molecule has 122 valence electrons. The van der Waals surface area contributed by atoms with Crippen LogP contribution in [0.5, 0.6) is 0 Å². The summed E-state index contributed by atoms with van der Waals surface area (Å²) in [5.41, 5.74) is 4.01. The Kier molecular flexibility index (Phi) is 5.35. The molecule has 0 aliphatic carbocycles. The summed E-state index contributed by atoms with van der Waals surface area (Å²) in [4.78, 5) is 2.57. The number of hydrogen-bond donors (Lipinski definition) is 1. The highest BCUT2D eigenvalue weighted by molar-refractivity contribution is 5.44. The summed E-state index contributed by atoms with van der Waals surface area (Å²) < 4.78 is 0. The fraction of sp³-hybridized carbons (Fsp3) is 0.429. The van der Waals surface area contributed by atoms with Crippen LogP contribution in [0.25, 0.3) is 0 Å². The highest BCUT2D eigenvalue weighted by Gasteiger charge is 2.22. The van der Waals surface area contributed by atoms with Gasteiger partial charge < -0.3 is 5.32 Å². The van der Waals surface area contributed by atoms with E-state index >= 15 is 0 Å². The first kappa shape index (κ1) is 16.1. The van der Waals surface area contributed by atoms with Crippen molar-refractivity contribution in [3.63, 3.8) is 0 Å². The molecule has 1 fully saturated rings. The Bertz CT molecular complexity index is 583. The summed E-state index contributed by atoms with van der Waals surface area (Å²) in [7, 11) is 0. The summed E-state index contributed by atoms with van der Waals surface area (Å²) in [6.07, 6.45) is 4.23. The molecule has 0 radical (unpaired) electrons. The quantitative estimate of drug-likeness (QED) is 0.860. The van der Waals surface area contributed by atoms with Gasteiger partial charge in [0.15, 0.2) is 0 Å². The molecule has 1 heterocycles. The lowest BCUT2D eigenvalue weighted by Crippen LogP contribution is -2.44. The van der Waals surface area contributed by atoms with Crippen LogP contribution in [0.2, 0.25) is 0 Å². The molecule has 1 N–H and O–H groups in total. The topological polar surface area (TPSA) is 15.3 Å². The van der Waals surface area contributed by atoms with Crippen molar-refractivity contribution in [3.8, 4) is 0 Å². The lowest BCUT2D eigenvalue weighted by molar-refractivity contribution is 0.153. The zero-order valence-corrected chi connectivity index (χ0v) is 14.3. The van der Waals surface area contributed by atoms with Crippen LogP contribution in [-0.2, 0) is 6.42 Å². The molecule has 2 heteroatoms. The van der Waals surface area contributed by atoms with E-state index in [1.54, 1.807) is 0 Å². The molecule has 2 nitrogen and oxygen atoms in total. The first-order valence-corrected chi connectivity index (χ1v) is 8.82. The van der Waals surface area contributed by atoms with Gasteiger partial charge in [0, 0.05) is 18.8 Å². The third-order valence-electron chi connectivity index (χ3n) is 4.99. The van der Waals surface area contributed by atoms with Crippen LogP contribution in [-0.4, -0.2) is 24.2 Å². The van der Waals surface area contributed by atoms with Gasteiger partial charge in [-0.05, 0) is 56.7 Å². The predicted molar refractivity (Wildman–Crippen MR) is 98.7 cm³/mol. The number of piperidine rings is 1. The molecule has 0 spiro atoms. The molecule has 0 bridgehead atoms. The molecule has 0 saturated carbocycles. The fourth-order valence-electron chi connectivity index (χ4n) is 3.47. The van der Waals surface area contributed by atoms with E-state index in [0.717, 1.165) is 5.92 Å².